The molecule has 1 amide bonds. The van der Waals surface area contributed by atoms with E-state index in [0.29, 0.717) is 0 Å². The van der Waals surface area contributed by atoms with Crippen molar-refractivity contribution in [3.05, 3.63) is 12.2 Å². The van der Waals surface area contributed by atoms with E-state index in [4.69, 9.17) is 0 Å². The average molecular weight is 265 g/mol. The van der Waals surface area contributed by atoms with Crippen LogP contribution in [0.3, 0.4) is 0 Å². The van der Waals surface area contributed by atoms with Crippen LogP contribution in [0.25, 0.3) is 0 Å². The number of amides is 1. The predicted molar refractivity (Wildman–Crippen MR) is 72.5 cm³/mol. The van der Waals surface area contributed by atoms with Gasteiger partial charge in [-0.15, -0.1) is 0 Å². The second-order valence-electron chi connectivity index (χ2n) is 5.66. The molecule has 0 aromatic carbocycles. The Balaban J connectivity index is 2.16. The van der Waals surface area contributed by atoms with Crippen molar-refractivity contribution in [2.45, 2.75) is 33.1 Å². The zero-order chi connectivity index (χ0) is 14.0. The number of carboxylic acid groups (broad SMARTS) is 1. The van der Waals surface area contributed by atoms with Crippen molar-refractivity contribution in [2.75, 3.05) is 13.1 Å². The maximum atomic E-state index is 12.7. The first kappa shape index (κ1) is 14.1. The van der Waals surface area contributed by atoms with Crippen LogP contribution in [-0.4, -0.2) is 35.0 Å². The molecular weight excluding hydrogens is 242 g/mol. The van der Waals surface area contributed by atoms with E-state index in [9.17, 15) is 14.7 Å². The molecule has 0 radical (unpaired) electrons. The summed E-state index contributed by atoms with van der Waals surface area (Å²) < 4.78 is 0. The lowest BCUT2D eigenvalue weighted by Crippen LogP contribution is -2.43. The minimum absolute atomic E-state index is 0.0490. The molecule has 0 heterocycles. The van der Waals surface area contributed by atoms with Crippen molar-refractivity contribution in [1.82, 2.24) is 4.90 Å². The third-order valence-electron chi connectivity index (χ3n) is 4.33. The normalized spacial score (nSPS) is 31.7. The lowest BCUT2D eigenvalue weighted by atomic mass is 9.82. The van der Waals surface area contributed by atoms with E-state index < -0.39 is 11.9 Å². The van der Waals surface area contributed by atoms with Gasteiger partial charge in [-0.3, -0.25) is 9.59 Å². The highest BCUT2D eigenvalue weighted by atomic mass is 16.4. The van der Waals surface area contributed by atoms with Crippen LogP contribution in [0.4, 0.5) is 0 Å². The van der Waals surface area contributed by atoms with Crippen LogP contribution in [0.5, 0.6) is 0 Å². The second-order valence-corrected chi connectivity index (χ2v) is 5.66. The first-order chi connectivity index (χ1) is 9.10. The van der Waals surface area contributed by atoms with Gasteiger partial charge in [-0.05, 0) is 31.1 Å². The number of rotatable bonds is 6. The molecule has 2 bridgehead atoms. The Hall–Kier alpha value is -1.32. The summed E-state index contributed by atoms with van der Waals surface area (Å²) >= 11 is 0. The molecule has 0 aromatic rings. The summed E-state index contributed by atoms with van der Waals surface area (Å²) in [4.78, 5) is 26.0. The van der Waals surface area contributed by atoms with Crippen molar-refractivity contribution in [3.63, 3.8) is 0 Å². The Morgan fingerprint density at radius 2 is 1.63 bits per heavy atom. The summed E-state index contributed by atoms with van der Waals surface area (Å²) in [7, 11) is 0. The monoisotopic (exact) mass is 265 g/mol. The topological polar surface area (TPSA) is 57.6 Å². The van der Waals surface area contributed by atoms with Crippen LogP contribution in [0.1, 0.15) is 33.1 Å². The maximum Gasteiger partial charge on any atom is 0.307 e. The van der Waals surface area contributed by atoms with Gasteiger partial charge in [-0.1, -0.05) is 26.0 Å². The smallest absolute Gasteiger partial charge is 0.307 e. The molecule has 4 nitrogen and oxygen atoms in total. The number of nitrogens with zero attached hydrogens (tertiary/aromatic N) is 1. The Morgan fingerprint density at radius 3 is 2.11 bits per heavy atom. The van der Waals surface area contributed by atoms with Gasteiger partial charge in [0.25, 0.3) is 0 Å². The number of hydrogen-bond donors (Lipinski definition) is 1. The molecule has 1 saturated carbocycles. The summed E-state index contributed by atoms with van der Waals surface area (Å²) in [5.74, 6) is -1.43. The van der Waals surface area contributed by atoms with Crippen LogP contribution in [0.2, 0.25) is 0 Å². The van der Waals surface area contributed by atoms with Crippen molar-refractivity contribution >= 4 is 11.9 Å². The average Bonchev–Trinajstić information content (AvgIpc) is 2.97. The first-order valence-corrected chi connectivity index (χ1v) is 7.30. The van der Waals surface area contributed by atoms with Crippen LogP contribution in [0, 0.1) is 23.7 Å². The van der Waals surface area contributed by atoms with Gasteiger partial charge >= 0.3 is 5.97 Å². The fraction of sp³-hybridized carbons (Fsp3) is 0.733. The van der Waals surface area contributed by atoms with Gasteiger partial charge in [0.15, 0.2) is 0 Å². The number of fused-ring (bicyclic) bond motifs is 2. The van der Waals surface area contributed by atoms with E-state index in [1.807, 2.05) is 30.9 Å². The van der Waals surface area contributed by atoms with E-state index in [1.165, 1.54) is 0 Å². The molecule has 4 heteroatoms. The number of hydrogen-bond acceptors (Lipinski definition) is 2. The van der Waals surface area contributed by atoms with Gasteiger partial charge in [0.05, 0.1) is 11.8 Å². The van der Waals surface area contributed by atoms with Gasteiger partial charge in [0.1, 0.15) is 0 Å². The second kappa shape index (κ2) is 5.76. The van der Waals surface area contributed by atoms with Gasteiger partial charge in [-0.25, -0.2) is 0 Å². The van der Waals surface area contributed by atoms with Crippen LogP contribution >= 0.6 is 0 Å². The lowest BCUT2D eigenvalue weighted by Gasteiger charge is -2.30. The van der Waals surface area contributed by atoms with Gasteiger partial charge in [-0.2, -0.15) is 0 Å². The Kier molecular flexibility index (Phi) is 4.27. The SMILES string of the molecule is CCCN(CCC)C(=O)C1C2C=CC(C2)C1C(=O)O. The summed E-state index contributed by atoms with van der Waals surface area (Å²) in [6.45, 7) is 5.56. The van der Waals surface area contributed by atoms with Gasteiger partial charge in [0.2, 0.25) is 5.91 Å². The van der Waals surface area contributed by atoms with Crippen molar-refractivity contribution in [1.29, 1.82) is 0 Å². The molecule has 0 saturated heterocycles. The molecule has 2 aliphatic carbocycles. The Bertz CT molecular complexity index is 385. The summed E-state index contributed by atoms with van der Waals surface area (Å²) in [6.07, 6.45) is 6.69. The van der Waals surface area contributed by atoms with Crippen molar-refractivity contribution < 1.29 is 14.7 Å². The molecule has 2 rings (SSSR count). The molecule has 1 N–H and O–H groups in total. The quantitative estimate of drug-likeness (QED) is 0.749. The fourth-order valence-corrected chi connectivity index (χ4v) is 3.58. The first-order valence-electron chi connectivity index (χ1n) is 7.30. The van der Waals surface area contributed by atoms with Crippen LogP contribution in [-0.2, 0) is 9.59 Å². The molecule has 0 aromatic heterocycles. The summed E-state index contributed by atoms with van der Waals surface area (Å²) in [6, 6.07) is 0. The Morgan fingerprint density at radius 1 is 1.11 bits per heavy atom. The number of allylic oxidation sites excluding steroid dienone is 2. The summed E-state index contributed by atoms with van der Waals surface area (Å²) in [5.41, 5.74) is 0. The molecule has 19 heavy (non-hydrogen) atoms. The Labute approximate surface area is 114 Å². The molecule has 4 atom stereocenters. The minimum atomic E-state index is -0.817. The number of aliphatic carboxylic acids is 1. The standard InChI is InChI=1S/C15H23NO3/c1-3-7-16(8-4-2)14(17)12-10-5-6-11(9-10)13(12)15(18)19/h5-6,10-13H,3-4,7-9H2,1-2H3,(H,18,19). The number of carboxylic acids is 1. The van der Waals surface area contributed by atoms with Crippen LogP contribution < -0.4 is 0 Å². The zero-order valence-corrected chi connectivity index (χ0v) is 11.7. The third-order valence-corrected chi connectivity index (χ3v) is 4.33. The highest BCUT2D eigenvalue weighted by Gasteiger charge is 2.52. The summed E-state index contributed by atoms with van der Waals surface area (Å²) in [5, 5.41) is 9.39. The van der Waals surface area contributed by atoms with Crippen LogP contribution in [0.15, 0.2) is 12.2 Å². The minimum Gasteiger partial charge on any atom is -0.481 e. The number of carbonyl (C=O) groups is 2. The van der Waals surface area contributed by atoms with E-state index in [0.717, 1.165) is 32.4 Å². The maximum absolute atomic E-state index is 12.7. The number of carbonyl (C=O) groups excluding carboxylic acids is 1. The molecule has 0 aliphatic heterocycles. The fourth-order valence-electron chi connectivity index (χ4n) is 3.58. The van der Waals surface area contributed by atoms with Crippen molar-refractivity contribution in [3.8, 4) is 0 Å². The largest absolute Gasteiger partial charge is 0.481 e. The van der Waals surface area contributed by atoms with Crippen molar-refractivity contribution in [2.24, 2.45) is 23.7 Å². The van der Waals surface area contributed by atoms with E-state index in [1.54, 1.807) is 0 Å². The third kappa shape index (κ3) is 2.53. The van der Waals surface area contributed by atoms with E-state index in [-0.39, 0.29) is 23.7 Å². The lowest BCUT2D eigenvalue weighted by molar-refractivity contribution is -0.151. The highest BCUT2D eigenvalue weighted by molar-refractivity contribution is 5.87. The molecule has 0 spiro atoms. The predicted octanol–water partition coefficient (Wildman–Crippen LogP) is 2.16. The van der Waals surface area contributed by atoms with Gasteiger partial charge < -0.3 is 10.0 Å². The highest BCUT2D eigenvalue weighted by Crippen LogP contribution is 2.48. The zero-order valence-electron chi connectivity index (χ0n) is 11.7. The molecule has 2 aliphatic rings. The van der Waals surface area contributed by atoms with Gasteiger partial charge in [0, 0.05) is 13.1 Å². The van der Waals surface area contributed by atoms with E-state index >= 15 is 0 Å². The molecule has 1 fully saturated rings. The molecule has 106 valence electrons. The molecule has 4 unspecified atom stereocenters. The van der Waals surface area contributed by atoms with E-state index in [2.05, 4.69) is 0 Å². The molecular formula is C15H23NO3.